The molecule has 0 aliphatic carbocycles. The highest BCUT2D eigenvalue weighted by Crippen LogP contribution is 2.38. The summed E-state index contributed by atoms with van der Waals surface area (Å²) >= 11 is 0. The van der Waals surface area contributed by atoms with E-state index in [2.05, 4.69) is 47.2 Å². The number of amides is 1. The number of anilines is 1. The second kappa shape index (κ2) is 9.54. The van der Waals surface area contributed by atoms with E-state index < -0.39 is 5.91 Å². The van der Waals surface area contributed by atoms with Crippen LogP contribution in [0.15, 0.2) is 78.4 Å². The largest absolute Gasteiger partial charge is 0.363 e. The van der Waals surface area contributed by atoms with Gasteiger partial charge in [0.25, 0.3) is 5.91 Å². The fraction of sp³-hybridized carbons (Fsp3) is 0.292. The number of hydroxylamine groups is 1. The van der Waals surface area contributed by atoms with Gasteiger partial charge in [0, 0.05) is 49.5 Å². The molecule has 1 amide bonds. The molecule has 2 aliphatic rings. The number of fused-ring (bicyclic) bond motifs is 2. The Morgan fingerprint density at radius 3 is 2.79 bits per heavy atom. The second-order valence-corrected chi connectivity index (χ2v) is 7.41. The Labute approximate surface area is 173 Å². The third-order valence-corrected chi connectivity index (χ3v) is 5.44. The molecule has 2 heterocycles. The fourth-order valence-electron chi connectivity index (χ4n) is 3.98. The summed E-state index contributed by atoms with van der Waals surface area (Å²) in [4.78, 5) is 16.4. The van der Waals surface area contributed by atoms with Gasteiger partial charge in [-0.05, 0) is 42.2 Å². The van der Waals surface area contributed by atoms with E-state index in [-0.39, 0.29) is 0 Å². The topological polar surface area (TPSA) is 55.8 Å². The summed E-state index contributed by atoms with van der Waals surface area (Å²) in [5.41, 5.74) is 8.42. The lowest BCUT2D eigenvalue weighted by Gasteiger charge is -2.39. The van der Waals surface area contributed by atoms with Gasteiger partial charge in [-0.1, -0.05) is 43.0 Å². The van der Waals surface area contributed by atoms with Crippen molar-refractivity contribution in [3.8, 4) is 0 Å². The maximum Gasteiger partial charge on any atom is 0.274 e. The lowest BCUT2D eigenvalue weighted by atomic mass is 9.88. The zero-order chi connectivity index (χ0) is 20.8. The number of hydrogen-bond donors (Lipinski definition) is 2. The van der Waals surface area contributed by atoms with Crippen LogP contribution in [0.1, 0.15) is 18.9 Å². The average Bonchev–Trinajstić information content (AvgIpc) is 2.74. The summed E-state index contributed by atoms with van der Waals surface area (Å²) in [7, 11) is 0. The van der Waals surface area contributed by atoms with Crippen LogP contribution in [0, 0.1) is 0 Å². The van der Waals surface area contributed by atoms with Crippen LogP contribution in [0.3, 0.4) is 0 Å². The van der Waals surface area contributed by atoms with Crippen molar-refractivity contribution < 1.29 is 10.0 Å². The lowest BCUT2D eigenvalue weighted by molar-refractivity contribution is -0.124. The van der Waals surface area contributed by atoms with Gasteiger partial charge in [0.1, 0.15) is 0 Å². The van der Waals surface area contributed by atoms with E-state index in [0.717, 1.165) is 38.2 Å². The minimum Gasteiger partial charge on any atom is -0.363 e. The first-order chi connectivity index (χ1) is 14.1. The summed E-state index contributed by atoms with van der Waals surface area (Å²) in [6, 6.07) is 8.54. The zero-order valence-electron chi connectivity index (χ0n) is 17.0. The number of nitrogens with zero attached hydrogens (tertiary/aromatic N) is 2. The molecule has 0 bridgehead atoms. The molecule has 0 aromatic heterocycles. The molecular weight excluding hydrogens is 362 g/mol. The van der Waals surface area contributed by atoms with Gasteiger partial charge >= 0.3 is 0 Å². The molecule has 0 unspecified atom stereocenters. The maximum absolute atomic E-state index is 11.6. The highest BCUT2D eigenvalue weighted by Gasteiger charge is 2.28. The van der Waals surface area contributed by atoms with Crippen LogP contribution < -0.4 is 10.4 Å². The van der Waals surface area contributed by atoms with Crippen molar-refractivity contribution in [2.75, 3.05) is 37.6 Å². The number of allylic oxidation sites excluding steroid dienone is 1. The van der Waals surface area contributed by atoms with Crippen LogP contribution in [0.25, 0.3) is 5.57 Å². The van der Waals surface area contributed by atoms with E-state index in [0.29, 0.717) is 12.1 Å². The smallest absolute Gasteiger partial charge is 0.274 e. The number of rotatable bonds is 7. The fourth-order valence-corrected chi connectivity index (χ4v) is 3.98. The number of benzene rings is 1. The molecule has 0 saturated carbocycles. The molecule has 5 heteroatoms. The van der Waals surface area contributed by atoms with E-state index in [9.17, 15) is 4.79 Å². The Balaban J connectivity index is 1.78. The molecule has 0 atom stereocenters. The van der Waals surface area contributed by atoms with Crippen molar-refractivity contribution in [2.45, 2.75) is 13.3 Å². The SMILES string of the molecule is C=CCN1CCC2=C(C1)c1ccccc1N(CC(=C)/C=C\C(=C/C)C(=O)NO)C2. The minimum absolute atomic E-state index is 0.396. The van der Waals surface area contributed by atoms with Crippen LogP contribution >= 0.6 is 0 Å². The Hall–Kier alpha value is -2.89. The lowest BCUT2D eigenvalue weighted by Crippen LogP contribution is -2.38. The molecule has 152 valence electrons. The average molecular weight is 392 g/mol. The molecular formula is C24H29N3O2. The third kappa shape index (κ3) is 4.75. The van der Waals surface area contributed by atoms with Gasteiger partial charge in [-0.2, -0.15) is 0 Å². The van der Waals surface area contributed by atoms with Gasteiger partial charge in [-0.25, -0.2) is 5.48 Å². The van der Waals surface area contributed by atoms with Gasteiger partial charge in [-0.15, -0.1) is 6.58 Å². The molecule has 29 heavy (non-hydrogen) atoms. The minimum atomic E-state index is -0.527. The number of hydrogen-bond acceptors (Lipinski definition) is 4. The number of nitrogens with one attached hydrogen (secondary N) is 1. The molecule has 0 fully saturated rings. The van der Waals surface area contributed by atoms with Crippen LogP contribution in [0.4, 0.5) is 5.69 Å². The standard InChI is InChI=1S/C24H29N3O2/c1-4-13-26-14-12-20-16-27(23-9-7-6-8-21(23)22(20)17-26)15-18(3)10-11-19(5-2)24(28)25-29/h4-11,29H,1,3,12-17H2,2H3,(H,25,28)/b11-10-,19-5+. The monoisotopic (exact) mass is 391 g/mol. The summed E-state index contributed by atoms with van der Waals surface area (Å²) < 4.78 is 0. The summed E-state index contributed by atoms with van der Waals surface area (Å²) in [6.45, 7) is 14.3. The number of carbonyl (C=O) groups excluding carboxylic acids is 1. The normalized spacial score (nSPS) is 17.2. The van der Waals surface area contributed by atoms with Gasteiger partial charge in [0.15, 0.2) is 0 Å². The Morgan fingerprint density at radius 1 is 1.28 bits per heavy atom. The molecule has 0 radical (unpaired) electrons. The summed E-state index contributed by atoms with van der Waals surface area (Å²) in [5.74, 6) is -0.527. The van der Waals surface area contributed by atoms with Crippen molar-refractivity contribution in [2.24, 2.45) is 0 Å². The molecule has 2 aliphatic heterocycles. The van der Waals surface area contributed by atoms with Crippen molar-refractivity contribution >= 4 is 17.2 Å². The van der Waals surface area contributed by atoms with E-state index in [1.807, 2.05) is 12.2 Å². The van der Waals surface area contributed by atoms with E-state index in [1.54, 1.807) is 24.6 Å². The second-order valence-electron chi connectivity index (χ2n) is 7.41. The third-order valence-electron chi connectivity index (χ3n) is 5.44. The molecule has 1 aromatic carbocycles. The first-order valence-electron chi connectivity index (χ1n) is 9.92. The number of para-hydroxylation sites is 1. The summed E-state index contributed by atoms with van der Waals surface area (Å²) in [5, 5.41) is 8.82. The van der Waals surface area contributed by atoms with E-state index in [4.69, 9.17) is 5.21 Å². The molecule has 3 rings (SSSR count). The van der Waals surface area contributed by atoms with Crippen molar-refractivity contribution in [1.29, 1.82) is 0 Å². The Morgan fingerprint density at radius 2 is 2.07 bits per heavy atom. The van der Waals surface area contributed by atoms with Gasteiger partial charge in [0.05, 0.1) is 0 Å². The molecule has 1 aromatic rings. The summed E-state index contributed by atoms with van der Waals surface area (Å²) in [6.07, 6.45) is 8.21. The molecule has 5 nitrogen and oxygen atoms in total. The van der Waals surface area contributed by atoms with Crippen LogP contribution in [-0.2, 0) is 4.79 Å². The van der Waals surface area contributed by atoms with Gasteiger partial charge in [0.2, 0.25) is 0 Å². The Kier molecular flexibility index (Phi) is 6.86. The first kappa shape index (κ1) is 20.8. The predicted octanol–water partition coefficient (Wildman–Crippen LogP) is 3.72. The Bertz CT molecular complexity index is 895. The van der Waals surface area contributed by atoms with Crippen molar-refractivity contribution in [3.63, 3.8) is 0 Å². The van der Waals surface area contributed by atoms with Gasteiger partial charge < -0.3 is 4.90 Å². The molecule has 0 spiro atoms. The molecule has 2 N–H and O–H groups in total. The van der Waals surface area contributed by atoms with Crippen LogP contribution in [0.5, 0.6) is 0 Å². The van der Waals surface area contributed by atoms with Crippen LogP contribution in [-0.4, -0.2) is 48.7 Å². The highest BCUT2D eigenvalue weighted by molar-refractivity contribution is 5.95. The quantitative estimate of drug-likeness (QED) is 0.245. The first-order valence-corrected chi connectivity index (χ1v) is 9.92. The van der Waals surface area contributed by atoms with Crippen molar-refractivity contribution in [1.82, 2.24) is 10.4 Å². The van der Waals surface area contributed by atoms with Gasteiger partial charge in [-0.3, -0.25) is 14.9 Å². The predicted molar refractivity (Wildman–Crippen MR) is 119 cm³/mol. The molecule has 0 saturated heterocycles. The van der Waals surface area contributed by atoms with E-state index in [1.165, 1.54) is 22.4 Å². The highest BCUT2D eigenvalue weighted by atomic mass is 16.5. The number of carbonyl (C=O) groups is 1. The maximum atomic E-state index is 11.6. The zero-order valence-corrected chi connectivity index (χ0v) is 17.0. The van der Waals surface area contributed by atoms with E-state index >= 15 is 0 Å². The van der Waals surface area contributed by atoms with Crippen molar-refractivity contribution in [3.05, 3.63) is 84.0 Å². The van der Waals surface area contributed by atoms with Crippen LogP contribution in [0.2, 0.25) is 0 Å².